The van der Waals surface area contributed by atoms with Gasteiger partial charge in [0, 0.05) is 0 Å². The summed E-state index contributed by atoms with van der Waals surface area (Å²) in [5.41, 5.74) is -0.357. The lowest BCUT2D eigenvalue weighted by atomic mass is 9.92. The fraction of sp³-hybridized carbons (Fsp3) is 0.750. The van der Waals surface area contributed by atoms with E-state index in [1.165, 1.54) is 0 Å². The van der Waals surface area contributed by atoms with E-state index in [1.54, 1.807) is 11.8 Å². The minimum atomic E-state index is -0.409. The van der Waals surface area contributed by atoms with Gasteiger partial charge in [-0.15, -0.1) is 0 Å². The molecule has 0 radical (unpaired) electrons. The Morgan fingerprint density at radius 3 is 2.93 bits per heavy atom. The molecule has 2 heterocycles. The van der Waals surface area contributed by atoms with Gasteiger partial charge in [0.25, 0.3) is 0 Å². The number of hydrogen-bond donors (Lipinski definition) is 1. The molecule has 0 aromatic rings. The molecule has 0 aromatic heterocycles. The monoisotopic (exact) mass is 200 g/mol. The van der Waals surface area contributed by atoms with Gasteiger partial charge >= 0.3 is 12.2 Å². The average molecular weight is 200 g/mol. The van der Waals surface area contributed by atoms with Gasteiger partial charge in [-0.25, -0.2) is 9.59 Å². The van der Waals surface area contributed by atoms with Crippen LogP contribution in [0.15, 0.2) is 0 Å². The van der Waals surface area contributed by atoms with Crippen LogP contribution in [0, 0.1) is 0 Å². The number of nitrogens with one attached hydrogen (secondary N) is 1. The van der Waals surface area contributed by atoms with Crippen molar-refractivity contribution >= 4 is 12.2 Å². The van der Waals surface area contributed by atoms with Crippen LogP contribution in [-0.2, 0) is 9.47 Å². The van der Waals surface area contributed by atoms with E-state index in [0.717, 1.165) is 0 Å². The van der Waals surface area contributed by atoms with Crippen LogP contribution < -0.4 is 5.32 Å². The molecule has 2 amide bonds. The summed E-state index contributed by atoms with van der Waals surface area (Å²) in [4.78, 5) is 23.5. The second-order valence-corrected chi connectivity index (χ2v) is 3.54. The van der Waals surface area contributed by atoms with Gasteiger partial charge in [0.1, 0.15) is 12.1 Å². The van der Waals surface area contributed by atoms with Crippen molar-refractivity contribution in [3.8, 4) is 0 Å². The smallest absolute Gasteiger partial charge is 0.409 e. The first-order valence-electron chi connectivity index (χ1n) is 4.52. The van der Waals surface area contributed by atoms with Crippen molar-refractivity contribution in [3.63, 3.8) is 0 Å². The number of carbonyl (C=O) groups excluding carboxylic acids is 2. The Labute approximate surface area is 81.1 Å². The summed E-state index contributed by atoms with van der Waals surface area (Å²) in [6.45, 7) is 3.40. The maximum absolute atomic E-state index is 11.2. The molecule has 0 saturated carbocycles. The van der Waals surface area contributed by atoms with Gasteiger partial charge in [-0.05, 0) is 6.92 Å². The van der Waals surface area contributed by atoms with Gasteiger partial charge in [-0.3, -0.25) is 0 Å². The van der Waals surface area contributed by atoms with Gasteiger partial charge in [0.05, 0.1) is 19.7 Å². The van der Waals surface area contributed by atoms with Gasteiger partial charge < -0.3 is 19.7 Å². The highest BCUT2D eigenvalue weighted by atomic mass is 16.6. The summed E-state index contributed by atoms with van der Waals surface area (Å²) >= 11 is 0. The molecule has 0 unspecified atom stereocenters. The van der Waals surface area contributed by atoms with Gasteiger partial charge in [0.15, 0.2) is 0 Å². The normalized spacial score (nSPS) is 22.6. The molecule has 78 valence electrons. The zero-order chi connectivity index (χ0) is 10.2. The van der Waals surface area contributed by atoms with Crippen molar-refractivity contribution in [2.24, 2.45) is 0 Å². The number of nitrogens with zero attached hydrogens (tertiary/aromatic N) is 1. The lowest BCUT2D eigenvalue weighted by Crippen LogP contribution is -2.69. The van der Waals surface area contributed by atoms with E-state index in [4.69, 9.17) is 9.47 Å². The quantitative estimate of drug-likeness (QED) is 0.643. The van der Waals surface area contributed by atoms with Gasteiger partial charge in [0.2, 0.25) is 0 Å². The standard InChI is InChI=1S/C8H12N2O4/c1-2-13-7(12)10-3-8(4-10)5-14-6(11)9-8/h2-5H2,1H3,(H,9,11). The van der Waals surface area contributed by atoms with E-state index >= 15 is 0 Å². The number of hydrogen-bond acceptors (Lipinski definition) is 4. The van der Waals surface area contributed by atoms with Crippen LogP contribution in [0.1, 0.15) is 6.92 Å². The molecule has 0 aliphatic carbocycles. The summed E-state index contributed by atoms with van der Waals surface area (Å²) in [6.07, 6.45) is -0.743. The highest BCUT2D eigenvalue weighted by Gasteiger charge is 2.51. The molecule has 0 aromatic carbocycles. The average Bonchev–Trinajstić information content (AvgIpc) is 2.45. The van der Waals surface area contributed by atoms with Gasteiger partial charge in [-0.1, -0.05) is 0 Å². The number of cyclic esters (lactones) is 1. The Balaban J connectivity index is 1.84. The predicted octanol–water partition coefficient (Wildman–Crippen LogP) is -0.0629. The van der Waals surface area contributed by atoms with Crippen molar-refractivity contribution in [1.29, 1.82) is 0 Å². The Kier molecular flexibility index (Phi) is 1.98. The molecule has 1 spiro atoms. The number of rotatable bonds is 1. The Hall–Kier alpha value is -1.46. The van der Waals surface area contributed by atoms with E-state index in [1.807, 2.05) is 0 Å². The minimum absolute atomic E-state index is 0.334. The first kappa shape index (κ1) is 9.11. The molecule has 2 aliphatic heterocycles. The Morgan fingerprint density at radius 1 is 1.71 bits per heavy atom. The van der Waals surface area contributed by atoms with Crippen LogP contribution in [0.3, 0.4) is 0 Å². The third-order valence-corrected chi connectivity index (χ3v) is 2.36. The summed E-state index contributed by atoms with van der Waals surface area (Å²) < 4.78 is 9.58. The van der Waals surface area contributed by atoms with Crippen molar-refractivity contribution < 1.29 is 19.1 Å². The van der Waals surface area contributed by atoms with Crippen molar-refractivity contribution in [2.45, 2.75) is 12.5 Å². The maximum Gasteiger partial charge on any atom is 0.409 e. The Bertz CT molecular complexity index is 273. The van der Waals surface area contributed by atoms with Gasteiger partial charge in [-0.2, -0.15) is 0 Å². The summed E-state index contributed by atoms with van der Waals surface area (Å²) in [7, 11) is 0. The number of amides is 2. The molecule has 0 bridgehead atoms. The summed E-state index contributed by atoms with van der Waals surface area (Å²) in [6, 6.07) is 0. The SMILES string of the molecule is CCOC(=O)N1CC2(COC(=O)N2)C1. The van der Waals surface area contributed by atoms with E-state index in [-0.39, 0.29) is 11.6 Å². The second-order valence-electron chi connectivity index (χ2n) is 3.54. The van der Waals surface area contributed by atoms with Crippen LogP contribution in [0.4, 0.5) is 9.59 Å². The molecule has 6 heteroatoms. The largest absolute Gasteiger partial charge is 0.450 e. The van der Waals surface area contributed by atoms with Crippen LogP contribution in [0.5, 0.6) is 0 Å². The Morgan fingerprint density at radius 2 is 2.43 bits per heavy atom. The molecule has 2 rings (SSSR count). The number of ether oxygens (including phenoxy) is 2. The van der Waals surface area contributed by atoms with Crippen LogP contribution in [0.2, 0.25) is 0 Å². The third kappa shape index (κ3) is 1.36. The van der Waals surface area contributed by atoms with Crippen LogP contribution in [-0.4, -0.2) is 48.9 Å². The zero-order valence-electron chi connectivity index (χ0n) is 7.91. The van der Waals surface area contributed by atoms with Crippen LogP contribution in [0.25, 0.3) is 0 Å². The van der Waals surface area contributed by atoms with E-state index in [9.17, 15) is 9.59 Å². The van der Waals surface area contributed by atoms with Crippen molar-refractivity contribution in [1.82, 2.24) is 10.2 Å². The third-order valence-electron chi connectivity index (χ3n) is 2.36. The minimum Gasteiger partial charge on any atom is -0.450 e. The summed E-state index contributed by atoms with van der Waals surface area (Å²) in [5, 5.41) is 2.68. The molecule has 2 aliphatic rings. The molecule has 0 atom stereocenters. The van der Waals surface area contributed by atoms with Crippen molar-refractivity contribution in [2.75, 3.05) is 26.3 Å². The number of carbonyl (C=O) groups is 2. The topological polar surface area (TPSA) is 67.9 Å². The lowest BCUT2D eigenvalue weighted by molar-refractivity contribution is 0.0297. The summed E-state index contributed by atoms with van der Waals surface area (Å²) in [5.74, 6) is 0. The zero-order valence-corrected chi connectivity index (χ0v) is 7.91. The highest BCUT2D eigenvalue weighted by Crippen LogP contribution is 2.25. The molecule has 1 N–H and O–H groups in total. The fourth-order valence-electron chi connectivity index (χ4n) is 1.69. The fourth-order valence-corrected chi connectivity index (χ4v) is 1.69. The van der Waals surface area contributed by atoms with E-state index in [2.05, 4.69) is 5.32 Å². The second kappa shape index (κ2) is 3.04. The van der Waals surface area contributed by atoms with Crippen LogP contribution >= 0.6 is 0 Å². The molecule has 2 fully saturated rings. The molecule has 14 heavy (non-hydrogen) atoms. The van der Waals surface area contributed by atoms with Crippen molar-refractivity contribution in [3.05, 3.63) is 0 Å². The number of alkyl carbamates (subject to hydrolysis) is 1. The first-order valence-corrected chi connectivity index (χ1v) is 4.52. The molecule has 2 saturated heterocycles. The molecular formula is C8H12N2O4. The van der Waals surface area contributed by atoms with E-state index < -0.39 is 6.09 Å². The maximum atomic E-state index is 11.2. The molecule has 6 nitrogen and oxygen atoms in total. The number of likely N-dealkylation sites (tertiary alicyclic amines) is 1. The predicted molar refractivity (Wildman–Crippen MR) is 45.8 cm³/mol. The van der Waals surface area contributed by atoms with E-state index in [0.29, 0.717) is 26.3 Å². The highest BCUT2D eigenvalue weighted by molar-refractivity contribution is 5.74. The lowest BCUT2D eigenvalue weighted by Gasteiger charge is -2.44. The first-order chi connectivity index (χ1) is 6.65. The molecular weight excluding hydrogens is 188 g/mol.